The summed E-state index contributed by atoms with van der Waals surface area (Å²) in [6.45, 7) is 0. The smallest absolute Gasteiger partial charge is 0.136 e. The number of para-hydroxylation sites is 1. The predicted molar refractivity (Wildman–Crippen MR) is 165 cm³/mol. The lowest BCUT2D eigenvalue weighted by Crippen LogP contribution is -1.91. The molecule has 1 heterocycles. The van der Waals surface area contributed by atoms with Gasteiger partial charge in [-0.2, -0.15) is 0 Å². The molecule has 8 aromatic rings. The van der Waals surface area contributed by atoms with E-state index in [2.05, 4.69) is 36.4 Å². The largest absolute Gasteiger partial charge is 0.456 e. The average Bonchev–Trinajstić information content (AvgIpc) is 3.42. The Morgan fingerprint density at radius 3 is 1.64 bits per heavy atom. The Bertz CT molecular complexity index is 2330. The van der Waals surface area contributed by atoms with Crippen molar-refractivity contribution in [2.45, 2.75) is 0 Å². The van der Waals surface area contributed by atoms with Crippen LogP contribution in [0.5, 0.6) is 0 Å². The first-order chi connectivity index (χ1) is 21.0. The van der Waals surface area contributed by atoms with E-state index in [0.29, 0.717) is 16.7 Å². The van der Waals surface area contributed by atoms with Crippen LogP contribution in [-0.2, 0) is 0 Å². The summed E-state index contributed by atoms with van der Waals surface area (Å²) < 4.78 is 42.2. The molecular formula is C38H24O. The minimum absolute atomic E-state index is 0.0870. The molecule has 39 heavy (non-hydrogen) atoms. The molecular weight excluding hydrogens is 472 g/mol. The Labute approximate surface area is 232 Å². The van der Waals surface area contributed by atoms with Crippen LogP contribution in [0.3, 0.4) is 0 Å². The second-order valence-electron chi connectivity index (χ2n) is 9.77. The lowest BCUT2D eigenvalue weighted by Gasteiger charge is -2.18. The van der Waals surface area contributed by atoms with Gasteiger partial charge in [0, 0.05) is 10.8 Å². The quantitative estimate of drug-likeness (QED) is 0.220. The first-order valence-electron chi connectivity index (χ1n) is 15.0. The van der Waals surface area contributed by atoms with Gasteiger partial charge in [0.15, 0.2) is 0 Å². The van der Waals surface area contributed by atoms with Gasteiger partial charge in [-0.1, -0.05) is 121 Å². The van der Waals surface area contributed by atoms with Crippen LogP contribution in [0.25, 0.3) is 76.9 Å². The third kappa shape index (κ3) is 3.48. The molecule has 8 rings (SSSR count). The molecule has 0 spiro atoms. The van der Waals surface area contributed by atoms with Crippen molar-refractivity contribution < 1.29 is 9.90 Å². The molecule has 0 saturated heterocycles. The maximum absolute atomic E-state index is 9.38. The molecule has 182 valence electrons. The zero-order valence-electron chi connectivity index (χ0n) is 25.0. The minimum atomic E-state index is -0.183. The first-order valence-corrected chi connectivity index (χ1v) is 13.0. The topological polar surface area (TPSA) is 13.1 Å². The number of furan rings is 1. The Morgan fingerprint density at radius 1 is 0.410 bits per heavy atom. The second-order valence-corrected chi connectivity index (χ2v) is 9.77. The molecule has 0 fully saturated rings. The van der Waals surface area contributed by atoms with Crippen molar-refractivity contribution in [3.05, 3.63) is 145 Å². The Kier molecular flexibility index (Phi) is 4.06. The van der Waals surface area contributed by atoms with Crippen LogP contribution >= 0.6 is 0 Å². The second kappa shape index (κ2) is 8.72. The highest BCUT2D eigenvalue weighted by atomic mass is 16.3. The van der Waals surface area contributed by atoms with Crippen LogP contribution in [0.4, 0.5) is 0 Å². The summed E-state index contributed by atoms with van der Waals surface area (Å²) in [7, 11) is 0. The van der Waals surface area contributed by atoms with Crippen LogP contribution < -0.4 is 0 Å². The summed E-state index contributed by atoms with van der Waals surface area (Å²) in [5.41, 5.74) is 5.88. The standard InChI is InChI=1S/C38H24O/c1-2-11-25(12-3-1)26-13-10-14-27(23-26)37-31-16-4-6-18-33(31)38(34-19-7-5-17-32(34)37)28-21-22-30-29-15-8-9-20-35(29)39-36(30)24-28/h1-24H/i10D,13D,14D,23D. The SMILES string of the molecule is [2H]c1c([2H])c(-c2ccccc2)c([2H])c(-c2c3ccccc3c(-c3ccc4c(c3)oc3ccccc34)c3ccccc23)c1[2H]. The summed E-state index contributed by atoms with van der Waals surface area (Å²) >= 11 is 0. The van der Waals surface area contributed by atoms with Gasteiger partial charge in [0.1, 0.15) is 11.2 Å². The summed E-state index contributed by atoms with van der Waals surface area (Å²) in [5.74, 6) is 0. The maximum Gasteiger partial charge on any atom is 0.136 e. The van der Waals surface area contributed by atoms with Crippen LogP contribution in [0.1, 0.15) is 5.48 Å². The van der Waals surface area contributed by atoms with Crippen molar-refractivity contribution in [3.63, 3.8) is 0 Å². The highest BCUT2D eigenvalue weighted by Crippen LogP contribution is 2.45. The third-order valence-corrected chi connectivity index (χ3v) is 7.54. The first kappa shape index (κ1) is 18.2. The van der Waals surface area contributed by atoms with Crippen molar-refractivity contribution in [2.75, 3.05) is 0 Å². The van der Waals surface area contributed by atoms with E-state index >= 15 is 0 Å². The number of hydrogen-bond acceptors (Lipinski definition) is 1. The fourth-order valence-electron chi connectivity index (χ4n) is 5.81. The van der Waals surface area contributed by atoms with Gasteiger partial charge in [0.05, 0.1) is 5.48 Å². The summed E-state index contributed by atoms with van der Waals surface area (Å²) in [6, 6.07) is 39.6. The van der Waals surface area contributed by atoms with Crippen molar-refractivity contribution in [2.24, 2.45) is 0 Å². The number of rotatable bonds is 3. The maximum atomic E-state index is 9.38. The van der Waals surface area contributed by atoms with E-state index in [9.17, 15) is 1.37 Å². The van der Waals surface area contributed by atoms with E-state index in [4.69, 9.17) is 8.53 Å². The van der Waals surface area contributed by atoms with Crippen LogP contribution in [0.15, 0.2) is 150 Å². The number of hydrogen-bond donors (Lipinski definition) is 0. The van der Waals surface area contributed by atoms with Gasteiger partial charge >= 0.3 is 0 Å². The van der Waals surface area contributed by atoms with Gasteiger partial charge in [-0.25, -0.2) is 0 Å². The van der Waals surface area contributed by atoms with Crippen molar-refractivity contribution >= 4 is 43.5 Å². The molecule has 0 atom stereocenters. The molecule has 0 aliphatic carbocycles. The number of fused-ring (bicyclic) bond motifs is 5. The summed E-state index contributed by atoms with van der Waals surface area (Å²) in [6.07, 6.45) is 0. The molecule has 1 heteroatoms. The third-order valence-electron chi connectivity index (χ3n) is 7.54. The predicted octanol–water partition coefficient (Wildman–Crippen LogP) is 10.9. The highest BCUT2D eigenvalue weighted by molar-refractivity contribution is 6.22. The lowest BCUT2D eigenvalue weighted by atomic mass is 9.85. The van der Waals surface area contributed by atoms with E-state index in [0.717, 1.165) is 60.2 Å². The molecule has 0 bridgehead atoms. The normalized spacial score (nSPS) is 13.0. The van der Waals surface area contributed by atoms with Gasteiger partial charge in [0.25, 0.3) is 0 Å². The molecule has 0 unspecified atom stereocenters. The molecule has 0 saturated carbocycles. The van der Waals surface area contributed by atoms with Gasteiger partial charge in [-0.05, 0) is 79.2 Å². The molecule has 7 aromatic carbocycles. The summed E-state index contributed by atoms with van der Waals surface area (Å²) in [4.78, 5) is 0. The van der Waals surface area contributed by atoms with Gasteiger partial charge < -0.3 is 4.42 Å². The van der Waals surface area contributed by atoms with E-state index < -0.39 is 0 Å². The average molecular weight is 501 g/mol. The Balaban J connectivity index is 1.49. The zero-order chi connectivity index (χ0) is 29.2. The monoisotopic (exact) mass is 500 g/mol. The van der Waals surface area contributed by atoms with E-state index in [1.54, 1.807) is 0 Å². The van der Waals surface area contributed by atoms with Gasteiger partial charge in [-0.15, -0.1) is 0 Å². The lowest BCUT2D eigenvalue weighted by molar-refractivity contribution is 0.669. The van der Waals surface area contributed by atoms with E-state index in [1.165, 1.54) is 0 Å². The van der Waals surface area contributed by atoms with Crippen LogP contribution in [0, 0.1) is 0 Å². The van der Waals surface area contributed by atoms with Crippen LogP contribution in [0.2, 0.25) is 0 Å². The number of benzene rings is 7. The van der Waals surface area contributed by atoms with Crippen molar-refractivity contribution in [1.82, 2.24) is 0 Å². The van der Waals surface area contributed by atoms with Gasteiger partial charge in [0.2, 0.25) is 0 Å². The van der Waals surface area contributed by atoms with E-state index in [-0.39, 0.29) is 24.2 Å². The van der Waals surface area contributed by atoms with Crippen LogP contribution in [-0.4, -0.2) is 0 Å². The zero-order valence-corrected chi connectivity index (χ0v) is 21.0. The molecule has 0 N–H and O–H groups in total. The Hall–Kier alpha value is -5.14. The van der Waals surface area contributed by atoms with Crippen molar-refractivity contribution in [3.8, 4) is 33.4 Å². The summed E-state index contributed by atoms with van der Waals surface area (Å²) in [5, 5.41) is 5.88. The van der Waals surface area contributed by atoms with Gasteiger partial charge in [-0.3, -0.25) is 0 Å². The molecule has 0 amide bonds. The Morgan fingerprint density at radius 2 is 0.949 bits per heavy atom. The van der Waals surface area contributed by atoms with E-state index in [1.807, 2.05) is 84.9 Å². The molecule has 0 aliphatic heterocycles. The molecule has 0 aliphatic rings. The highest BCUT2D eigenvalue weighted by Gasteiger charge is 2.18. The molecule has 1 nitrogen and oxygen atoms in total. The molecule has 0 radical (unpaired) electrons. The van der Waals surface area contributed by atoms with Crippen molar-refractivity contribution in [1.29, 1.82) is 0 Å². The molecule has 1 aromatic heterocycles. The fraction of sp³-hybridized carbons (Fsp3) is 0. The minimum Gasteiger partial charge on any atom is -0.456 e. The fourth-order valence-corrected chi connectivity index (χ4v) is 5.81.